The van der Waals surface area contributed by atoms with Crippen LogP contribution in [-0.4, -0.2) is 24.0 Å². The number of aromatic amines is 1. The highest BCUT2D eigenvalue weighted by Crippen LogP contribution is 2.22. The number of fused-ring (bicyclic) bond motifs is 1. The van der Waals surface area contributed by atoms with Crippen LogP contribution in [0.25, 0.3) is 10.9 Å². The van der Waals surface area contributed by atoms with Gasteiger partial charge >= 0.3 is 5.97 Å². The standard InChI is InChI=1S/C18H14BrClN2O3/c1-25-18(24)16(10-2-4-12(19)5-3-10)22-17(23)15-9-11-8-13(20)6-7-14(11)21-15/h2-9,16,21H,1H3,(H,22,23). The Kier molecular flexibility index (Phi) is 5.11. The summed E-state index contributed by atoms with van der Waals surface area (Å²) in [6, 6.07) is 13.2. The minimum atomic E-state index is -0.902. The Bertz CT molecular complexity index is 937. The van der Waals surface area contributed by atoms with Gasteiger partial charge in [0.25, 0.3) is 5.91 Å². The summed E-state index contributed by atoms with van der Waals surface area (Å²) in [5.74, 6) is -0.958. The van der Waals surface area contributed by atoms with Crippen molar-refractivity contribution in [3.63, 3.8) is 0 Å². The summed E-state index contributed by atoms with van der Waals surface area (Å²) in [6.45, 7) is 0. The molecule has 3 rings (SSSR count). The molecule has 0 aliphatic carbocycles. The van der Waals surface area contributed by atoms with E-state index in [9.17, 15) is 9.59 Å². The minimum absolute atomic E-state index is 0.336. The molecule has 2 aromatic carbocycles. The number of benzene rings is 2. The summed E-state index contributed by atoms with van der Waals surface area (Å²) in [6.07, 6.45) is 0. The van der Waals surface area contributed by atoms with Gasteiger partial charge < -0.3 is 15.0 Å². The van der Waals surface area contributed by atoms with E-state index in [-0.39, 0.29) is 0 Å². The van der Waals surface area contributed by atoms with Gasteiger partial charge in [0.15, 0.2) is 6.04 Å². The van der Waals surface area contributed by atoms with E-state index in [1.807, 2.05) is 0 Å². The van der Waals surface area contributed by atoms with Crippen LogP contribution in [0, 0.1) is 0 Å². The molecule has 0 saturated heterocycles. The lowest BCUT2D eigenvalue weighted by Gasteiger charge is -2.16. The molecular formula is C18H14BrClN2O3. The molecule has 0 aliphatic heterocycles. The first-order chi connectivity index (χ1) is 12.0. The molecule has 3 aromatic rings. The number of amides is 1. The second-order valence-corrected chi connectivity index (χ2v) is 6.75. The fraction of sp³-hybridized carbons (Fsp3) is 0.111. The predicted octanol–water partition coefficient (Wildman–Crippen LogP) is 4.23. The Balaban J connectivity index is 1.88. The number of halogens is 2. The fourth-order valence-electron chi connectivity index (χ4n) is 2.49. The van der Waals surface area contributed by atoms with Crippen molar-refractivity contribution in [3.05, 3.63) is 69.3 Å². The first-order valence-corrected chi connectivity index (χ1v) is 8.57. The second-order valence-electron chi connectivity index (χ2n) is 5.40. The average Bonchev–Trinajstić information content (AvgIpc) is 3.03. The van der Waals surface area contributed by atoms with E-state index in [4.69, 9.17) is 16.3 Å². The highest BCUT2D eigenvalue weighted by atomic mass is 79.9. The first-order valence-electron chi connectivity index (χ1n) is 7.40. The Morgan fingerprint density at radius 2 is 1.88 bits per heavy atom. The molecule has 5 nitrogen and oxygen atoms in total. The summed E-state index contributed by atoms with van der Waals surface area (Å²) in [5.41, 5.74) is 1.75. The van der Waals surface area contributed by atoms with Crippen molar-refractivity contribution in [2.24, 2.45) is 0 Å². The monoisotopic (exact) mass is 420 g/mol. The molecule has 1 atom stereocenters. The van der Waals surface area contributed by atoms with Gasteiger partial charge in [-0.2, -0.15) is 0 Å². The zero-order valence-electron chi connectivity index (χ0n) is 13.2. The molecule has 25 heavy (non-hydrogen) atoms. The molecule has 1 aromatic heterocycles. The summed E-state index contributed by atoms with van der Waals surface area (Å²) in [5, 5.41) is 4.10. The summed E-state index contributed by atoms with van der Waals surface area (Å²) >= 11 is 9.31. The van der Waals surface area contributed by atoms with Crippen molar-refractivity contribution in [3.8, 4) is 0 Å². The highest BCUT2D eigenvalue weighted by molar-refractivity contribution is 9.10. The van der Waals surface area contributed by atoms with Crippen molar-refractivity contribution in [1.29, 1.82) is 0 Å². The summed E-state index contributed by atoms with van der Waals surface area (Å²) in [7, 11) is 1.28. The molecule has 1 amide bonds. The fourth-order valence-corrected chi connectivity index (χ4v) is 2.93. The predicted molar refractivity (Wildman–Crippen MR) is 99.7 cm³/mol. The molecule has 0 saturated carbocycles. The van der Waals surface area contributed by atoms with Gasteiger partial charge in [0.1, 0.15) is 5.69 Å². The number of nitrogens with one attached hydrogen (secondary N) is 2. The van der Waals surface area contributed by atoms with Crippen LogP contribution in [-0.2, 0) is 9.53 Å². The van der Waals surface area contributed by atoms with Gasteiger partial charge in [-0.25, -0.2) is 4.79 Å². The van der Waals surface area contributed by atoms with Gasteiger partial charge in [0.2, 0.25) is 0 Å². The summed E-state index contributed by atoms with van der Waals surface area (Å²) < 4.78 is 5.69. The van der Waals surface area contributed by atoms with Gasteiger partial charge in [-0.1, -0.05) is 39.7 Å². The Hall–Kier alpha value is -2.31. The zero-order chi connectivity index (χ0) is 18.0. The van der Waals surface area contributed by atoms with Gasteiger partial charge in [-0.3, -0.25) is 4.79 Å². The quantitative estimate of drug-likeness (QED) is 0.619. The minimum Gasteiger partial charge on any atom is -0.467 e. The van der Waals surface area contributed by atoms with Crippen LogP contribution in [0.1, 0.15) is 22.1 Å². The third-order valence-corrected chi connectivity index (χ3v) is 4.51. The van der Waals surface area contributed by atoms with E-state index in [0.29, 0.717) is 16.3 Å². The van der Waals surface area contributed by atoms with Crippen LogP contribution in [0.2, 0.25) is 5.02 Å². The van der Waals surface area contributed by atoms with Crippen molar-refractivity contribution >= 4 is 50.3 Å². The molecule has 0 radical (unpaired) electrons. The number of hydrogen-bond acceptors (Lipinski definition) is 3. The van der Waals surface area contributed by atoms with Gasteiger partial charge in [0.05, 0.1) is 7.11 Å². The Labute approximate surface area is 157 Å². The van der Waals surface area contributed by atoms with E-state index in [2.05, 4.69) is 26.2 Å². The molecule has 1 unspecified atom stereocenters. The van der Waals surface area contributed by atoms with Crippen LogP contribution < -0.4 is 5.32 Å². The van der Waals surface area contributed by atoms with Crippen molar-refractivity contribution in [2.45, 2.75) is 6.04 Å². The number of ether oxygens (including phenoxy) is 1. The Morgan fingerprint density at radius 3 is 2.56 bits per heavy atom. The largest absolute Gasteiger partial charge is 0.467 e. The number of hydrogen-bond donors (Lipinski definition) is 2. The Morgan fingerprint density at radius 1 is 1.16 bits per heavy atom. The number of carbonyl (C=O) groups excluding carboxylic acids is 2. The molecular weight excluding hydrogens is 408 g/mol. The zero-order valence-corrected chi connectivity index (χ0v) is 15.5. The van der Waals surface area contributed by atoms with E-state index >= 15 is 0 Å². The SMILES string of the molecule is COC(=O)C(NC(=O)c1cc2cc(Cl)ccc2[nH]1)c1ccc(Br)cc1. The molecule has 0 aliphatic rings. The molecule has 1 heterocycles. The van der Waals surface area contributed by atoms with Gasteiger partial charge in [-0.05, 0) is 42.0 Å². The number of carbonyl (C=O) groups is 2. The maximum absolute atomic E-state index is 12.6. The number of methoxy groups -OCH3 is 1. The second kappa shape index (κ2) is 7.29. The maximum atomic E-state index is 12.6. The van der Waals surface area contributed by atoms with Crippen LogP contribution >= 0.6 is 27.5 Å². The third-order valence-electron chi connectivity index (χ3n) is 3.74. The lowest BCUT2D eigenvalue weighted by atomic mass is 10.1. The van der Waals surface area contributed by atoms with Crippen molar-refractivity contribution < 1.29 is 14.3 Å². The third kappa shape index (κ3) is 3.86. The lowest BCUT2D eigenvalue weighted by molar-refractivity contribution is -0.143. The van der Waals surface area contributed by atoms with Crippen LogP contribution in [0.5, 0.6) is 0 Å². The van der Waals surface area contributed by atoms with E-state index < -0.39 is 17.9 Å². The number of rotatable bonds is 4. The van der Waals surface area contributed by atoms with Crippen LogP contribution in [0.15, 0.2) is 53.0 Å². The highest BCUT2D eigenvalue weighted by Gasteiger charge is 2.24. The molecule has 128 valence electrons. The van der Waals surface area contributed by atoms with Crippen molar-refractivity contribution in [2.75, 3.05) is 7.11 Å². The smallest absolute Gasteiger partial charge is 0.333 e. The number of aromatic nitrogens is 1. The average molecular weight is 422 g/mol. The maximum Gasteiger partial charge on any atom is 0.333 e. The summed E-state index contributed by atoms with van der Waals surface area (Å²) in [4.78, 5) is 27.7. The molecule has 0 spiro atoms. The molecule has 0 bridgehead atoms. The van der Waals surface area contributed by atoms with E-state index in [1.165, 1.54) is 7.11 Å². The molecule has 0 fully saturated rings. The van der Waals surface area contributed by atoms with E-state index in [0.717, 1.165) is 15.4 Å². The van der Waals surface area contributed by atoms with Crippen LogP contribution in [0.3, 0.4) is 0 Å². The normalized spacial score (nSPS) is 12.0. The van der Waals surface area contributed by atoms with Crippen molar-refractivity contribution in [1.82, 2.24) is 10.3 Å². The lowest BCUT2D eigenvalue weighted by Crippen LogP contribution is -2.34. The van der Waals surface area contributed by atoms with Gasteiger partial charge in [0, 0.05) is 20.4 Å². The van der Waals surface area contributed by atoms with Crippen LogP contribution in [0.4, 0.5) is 0 Å². The topological polar surface area (TPSA) is 71.2 Å². The molecule has 7 heteroatoms. The van der Waals surface area contributed by atoms with Gasteiger partial charge in [-0.15, -0.1) is 0 Å². The molecule has 2 N–H and O–H groups in total. The number of H-pyrrole nitrogens is 1. The number of esters is 1. The van der Waals surface area contributed by atoms with E-state index in [1.54, 1.807) is 48.5 Å². The first kappa shape index (κ1) is 17.5.